The summed E-state index contributed by atoms with van der Waals surface area (Å²) in [5.74, 6) is 0. The molecule has 0 heterocycles. The van der Waals surface area contributed by atoms with Gasteiger partial charge in [0.15, 0.2) is 0 Å². The van der Waals surface area contributed by atoms with Crippen molar-refractivity contribution in [2.24, 2.45) is 0 Å². The molecule has 2 aromatic rings. The number of hydrogen-bond donors (Lipinski definition) is 0. The molecule has 0 aliphatic heterocycles. The Hall–Kier alpha value is -1.56. The quantitative estimate of drug-likeness (QED) is 0.302. The highest BCUT2D eigenvalue weighted by molar-refractivity contribution is 5.21. The molecule has 0 spiro atoms. The Bertz CT molecular complexity index is 552. The molecule has 0 N–H and O–H groups in total. The smallest absolute Gasteiger partial charge is 0.0279 e. The van der Waals surface area contributed by atoms with Gasteiger partial charge >= 0.3 is 0 Å². The molecular formula is C26H38. The minimum atomic E-state index is 1.25. The van der Waals surface area contributed by atoms with Crippen LogP contribution in [0.4, 0.5) is 0 Å². The van der Waals surface area contributed by atoms with Crippen LogP contribution in [0.5, 0.6) is 0 Å². The molecule has 26 heavy (non-hydrogen) atoms. The van der Waals surface area contributed by atoms with Crippen LogP contribution in [0.2, 0.25) is 0 Å². The second-order valence-electron chi connectivity index (χ2n) is 7.86. The maximum Gasteiger partial charge on any atom is -0.0279 e. The van der Waals surface area contributed by atoms with E-state index in [0.717, 1.165) is 0 Å². The van der Waals surface area contributed by atoms with Gasteiger partial charge in [-0.1, -0.05) is 118 Å². The van der Waals surface area contributed by atoms with Crippen LogP contribution in [-0.4, -0.2) is 0 Å². The predicted molar refractivity (Wildman–Crippen MR) is 116 cm³/mol. The molecule has 0 aliphatic rings. The molecule has 0 atom stereocenters. The van der Waals surface area contributed by atoms with E-state index in [1.54, 1.807) is 0 Å². The molecular weight excluding hydrogens is 312 g/mol. The maximum absolute atomic E-state index is 2.29. The zero-order valence-corrected chi connectivity index (χ0v) is 16.9. The molecule has 2 aromatic carbocycles. The third-order valence-corrected chi connectivity index (χ3v) is 5.39. The van der Waals surface area contributed by atoms with Crippen molar-refractivity contribution in [3.05, 3.63) is 71.3 Å². The number of benzene rings is 2. The fourth-order valence-corrected chi connectivity index (χ4v) is 3.65. The van der Waals surface area contributed by atoms with E-state index in [4.69, 9.17) is 0 Å². The molecule has 0 heteroatoms. The topological polar surface area (TPSA) is 0 Å². The average molecular weight is 351 g/mol. The summed E-state index contributed by atoms with van der Waals surface area (Å²) in [4.78, 5) is 0. The molecule has 0 aromatic heterocycles. The van der Waals surface area contributed by atoms with Gasteiger partial charge in [-0.25, -0.2) is 0 Å². The van der Waals surface area contributed by atoms with Crippen LogP contribution in [0.1, 0.15) is 87.3 Å². The standard InChI is InChI=1S/C26H38/c1-24-20-22-26(23-21-24)19-13-10-8-6-4-2-3-5-7-9-12-16-25-17-14-11-15-18-25/h11,14-15,17-18,20-23H,2-10,12-13,16,19H2,1H3. The maximum atomic E-state index is 2.29. The Morgan fingerprint density at radius 3 is 1.27 bits per heavy atom. The molecule has 0 aliphatic carbocycles. The summed E-state index contributed by atoms with van der Waals surface area (Å²) in [5, 5.41) is 0. The second-order valence-corrected chi connectivity index (χ2v) is 7.86. The van der Waals surface area contributed by atoms with Crippen LogP contribution in [-0.2, 0) is 12.8 Å². The second kappa shape index (κ2) is 13.6. The van der Waals surface area contributed by atoms with Crippen molar-refractivity contribution in [2.75, 3.05) is 0 Å². The van der Waals surface area contributed by atoms with E-state index in [1.807, 2.05) is 0 Å². The van der Waals surface area contributed by atoms with Crippen LogP contribution in [0.3, 0.4) is 0 Å². The van der Waals surface area contributed by atoms with Gasteiger partial charge in [0.1, 0.15) is 0 Å². The number of rotatable bonds is 14. The average Bonchev–Trinajstić information content (AvgIpc) is 2.68. The summed E-state index contributed by atoms with van der Waals surface area (Å²) in [7, 11) is 0. The summed E-state index contributed by atoms with van der Waals surface area (Å²) >= 11 is 0. The van der Waals surface area contributed by atoms with Crippen molar-refractivity contribution in [1.29, 1.82) is 0 Å². The Kier molecular flexibility index (Phi) is 10.9. The summed E-state index contributed by atoms with van der Waals surface area (Å²) in [6.07, 6.45) is 18.0. The number of aryl methyl sites for hydroxylation is 3. The van der Waals surface area contributed by atoms with Crippen molar-refractivity contribution in [3.8, 4) is 0 Å². The Morgan fingerprint density at radius 1 is 0.423 bits per heavy atom. The van der Waals surface area contributed by atoms with Crippen molar-refractivity contribution in [2.45, 2.75) is 90.4 Å². The van der Waals surface area contributed by atoms with E-state index in [1.165, 1.54) is 100 Å². The Labute approximate surface area is 162 Å². The third-order valence-electron chi connectivity index (χ3n) is 5.39. The number of unbranched alkanes of at least 4 members (excludes halogenated alkanes) is 10. The number of hydrogen-bond acceptors (Lipinski definition) is 0. The highest BCUT2D eigenvalue weighted by atomic mass is 14.0. The van der Waals surface area contributed by atoms with E-state index < -0.39 is 0 Å². The van der Waals surface area contributed by atoms with Crippen molar-refractivity contribution in [1.82, 2.24) is 0 Å². The molecule has 0 nitrogen and oxygen atoms in total. The molecule has 0 unspecified atom stereocenters. The minimum Gasteiger partial charge on any atom is -0.0622 e. The van der Waals surface area contributed by atoms with Crippen LogP contribution in [0.15, 0.2) is 54.6 Å². The fraction of sp³-hybridized carbons (Fsp3) is 0.538. The van der Waals surface area contributed by atoms with Gasteiger partial charge < -0.3 is 0 Å². The summed E-state index contributed by atoms with van der Waals surface area (Å²) < 4.78 is 0. The van der Waals surface area contributed by atoms with E-state index >= 15 is 0 Å². The van der Waals surface area contributed by atoms with Gasteiger partial charge in [-0.05, 0) is 43.7 Å². The normalized spacial score (nSPS) is 11.0. The van der Waals surface area contributed by atoms with Gasteiger partial charge in [0.2, 0.25) is 0 Å². The first-order valence-corrected chi connectivity index (χ1v) is 10.9. The lowest BCUT2D eigenvalue weighted by atomic mass is 10.0. The SMILES string of the molecule is Cc1ccc(CCCCCCCCCCCCCc2ccccc2)cc1. The van der Waals surface area contributed by atoms with Gasteiger partial charge in [-0.3, -0.25) is 0 Å². The van der Waals surface area contributed by atoms with Crippen molar-refractivity contribution >= 4 is 0 Å². The highest BCUT2D eigenvalue weighted by Crippen LogP contribution is 2.14. The molecule has 0 amide bonds. The first-order chi connectivity index (χ1) is 12.8. The summed E-state index contributed by atoms with van der Waals surface area (Å²) in [6.45, 7) is 2.16. The molecule has 0 saturated heterocycles. The highest BCUT2D eigenvalue weighted by Gasteiger charge is 1.96. The minimum absolute atomic E-state index is 1.25. The molecule has 2 rings (SSSR count). The van der Waals surface area contributed by atoms with Gasteiger partial charge in [0.25, 0.3) is 0 Å². The molecule has 0 saturated carbocycles. The monoisotopic (exact) mass is 350 g/mol. The van der Waals surface area contributed by atoms with Gasteiger partial charge in [-0.15, -0.1) is 0 Å². The first kappa shape index (κ1) is 20.7. The summed E-state index contributed by atoms with van der Waals surface area (Å²) in [6, 6.07) is 19.9. The zero-order valence-electron chi connectivity index (χ0n) is 16.9. The van der Waals surface area contributed by atoms with Crippen molar-refractivity contribution < 1.29 is 0 Å². The molecule has 0 radical (unpaired) electrons. The lowest BCUT2D eigenvalue weighted by Gasteiger charge is -2.04. The lowest BCUT2D eigenvalue weighted by molar-refractivity contribution is 0.545. The van der Waals surface area contributed by atoms with Gasteiger partial charge in [0, 0.05) is 0 Å². The lowest BCUT2D eigenvalue weighted by Crippen LogP contribution is -1.87. The Morgan fingerprint density at radius 2 is 0.808 bits per heavy atom. The molecule has 142 valence electrons. The first-order valence-electron chi connectivity index (χ1n) is 10.9. The van der Waals surface area contributed by atoms with Crippen LogP contribution in [0, 0.1) is 6.92 Å². The third kappa shape index (κ3) is 9.80. The van der Waals surface area contributed by atoms with E-state index in [0.29, 0.717) is 0 Å². The molecule has 0 fully saturated rings. The van der Waals surface area contributed by atoms with E-state index in [9.17, 15) is 0 Å². The largest absolute Gasteiger partial charge is 0.0622 e. The van der Waals surface area contributed by atoms with Crippen molar-refractivity contribution in [3.63, 3.8) is 0 Å². The van der Waals surface area contributed by atoms with E-state index in [-0.39, 0.29) is 0 Å². The molecule has 0 bridgehead atoms. The van der Waals surface area contributed by atoms with E-state index in [2.05, 4.69) is 61.5 Å². The fourth-order valence-electron chi connectivity index (χ4n) is 3.65. The van der Waals surface area contributed by atoms with Crippen LogP contribution < -0.4 is 0 Å². The predicted octanol–water partition coefficient (Wildman–Crippen LogP) is 8.07. The van der Waals surface area contributed by atoms with Crippen LogP contribution in [0.25, 0.3) is 0 Å². The zero-order chi connectivity index (χ0) is 18.3. The van der Waals surface area contributed by atoms with Gasteiger partial charge in [0.05, 0.1) is 0 Å². The summed E-state index contributed by atoms with van der Waals surface area (Å²) in [5.41, 5.74) is 4.36. The van der Waals surface area contributed by atoms with Crippen LogP contribution >= 0.6 is 0 Å². The van der Waals surface area contributed by atoms with Gasteiger partial charge in [-0.2, -0.15) is 0 Å². The Balaban J connectivity index is 1.31.